The molecule has 228 valence electrons. The van der Waals surface area contributed by atoms with Gasteiger partial charge in [-0.3, -0.25) is 4.79 Å². The van der Waals surface area contributed by atoms with Crippen molar-refractivity contribution in [1.82, 2.24) is 9.80 Å². The predicted molar refractivity (Wildman–Crippen MR) is 166 cm³/mol. The summed E-state index contributed by atoms with van der Waals surface area (Å²) in [5, 5.41) is 3.32. The van der Waals surface area contributed by atoms with Gasteiger partial charge in [0.15, 0.2) is 0 Å². The third kappa shape index (κ3) is 9.82. The van der Waals surface area contributed by atoms with Crippen LogP contribution in [0.1, 0.15) is 66.5 Å². The smallest absolute Gasteiger partial charge is 0.410 e. The van der Waals surface area contributed by atoms with Gasteiger partial charge in [-0.25, -0.2) is 9.59 Å². The van der Waals surface area contributed by atoms with Crippen LogP contribution in [0.5, 0.6) is 0 Å². The standard InChI is InChI=1S/C19H26N2O3.C14H20N2O2/c1-14(2)12-17(22)21-11-10-20(18(23)24-19(3,4)5)13-15-8-6-7-9-16(15)21;1-14(2,3)18-13(17)16-9-8-15-12-7-5-4-6-11(12)10-16/h6-9,12H,10-11,13H2,1-5H3;4-7,15H,8-10H2,1-3H3. The number of rotatable bonds is 1. The quantitative estimate of drug-likeness (QED) is 0.384. The minimum absolute atomic E-state index is 0.0616. The summed E-state index contributed by atoms with van der Waals surface area (Å²) in [5.41, 5.74) is 3.98. The SMILES string of the molecule is CC(C)(C)OC(=O)N1CCNc2ccccc2C1.CC(C)=CC(=O)N1CCN(C(=O)OC(C)(C)C)Cc2ccccc21. The average molecular weight is 579 g/mol. The van der Waals surface area contributed by atoms with Crippen molar-refractivity contribution in [2.45, 2.75) is 79.7 Å². The van der Waals surface area contributed by atoms with E-state index in [4.69, 9.17) is 9.47 Å². The van der Waals surface area contributed by atoms with E-state index in [1.54, 1.807) is 20.8 Å². The van der Waals surface area contributed by atoms with Crippen molar-refractivity contribution in [2.24, 2.45) is 0 Å². The van der Waals surface area contributed by atoms with Crippen molar-refractivity contribution in [1.29, 1.82) is 0 Å². The first-order valence-corrected chi connectivity index (χ1v) is 14.4. The first-order valence-electron chi connectivity index (χ1n) is 14.4. The molecule has 42 heavy (non-hydrogen) atoms. The Morgan fingerprint density at radius 3 is 1.86 bits per heavy atom. The molecule has 0 saturated carbocycles. The van der Waals surface area contributed by atoms with Gasteiger partial charge in [-0.15, -0.1) is 0 Å². The van der Waals surface area contributed by atoms with Gasteiger partial charge in [-0.2, -0.15) is 0 Å². The number of nitrogens with zero attached hydrogens (tertiary/aromatic N) is 3. The fourth-order valence-corrected chi connectivity index (χ4v) is 4.49. The fourth-order valence-electron chi connectivity index (χ4n) is 4.49. The Morgan fingerprint density at radius 2 is 1.26 bits per heavy atom. The minimum atomic E-state index is -0.541. The average Bonchev–Trinajstić information content (AvgIpc) is 3.21. The van der Waals surface area contributed by atoms with E-state index in [0.29, 0.717) is 32.7 Å². The number of amides is 3. The van der Waals surface area contributed by atoms with Crippen molar-refractivity contribution in [3.63, 3.8) is 0 Å². The second-order valence-corrected chi connectivity index (χ2v) is 12.7. The lowest BCUT2D eigenvalue weighted by Crippen LogP contribution is -2.40. The molecule has 0 fully saturated rings. The summed E-state index contributed by atoms with van der Waals surface area (Å²) in [7, 11) is 0. The molecule has 9 nitrogen and oxygen atoms in total. The van der Waals surface area contributed by atoms with Crippen LogP contribution in [-0.4, -0.2) is 65.3 Å². The summed E-state index contributed by atoms with van der Waals surface area (Å²) < 4.78 is 10.9. The molecule has 0 atom stereocenters. The van der Waals surface area contributed by atoms with Crippen LogP contribution in [0.25, 0.3) is 0 Å². The number of fused-ring (bicyclic) bond motifs is 2. The number of para-hydroxylation sites is 2. The van der Waals surface area contributed by atoms with Crippen molar-refractivity contribution in [3.05, 3.63) is 71.3 Å². The lowest BCUT2D eigenvalue weighted by molar-refractivity contribution is -0.114. The molecule has 2 aliphatic heterocycles. The van der Waals surface area contributed by atoms with Gasteiger partial charge >= 0.3 is 12.2 Å². The van der Waals surface area contributed by atoms with E-state index in [2.05, 4.69) is 5.32 Å². The second kappa shape index (κ2) is 13.8. The van der Waals surface area contributed by atoms with Crippen LogP contribution in [0.2, 0.25) is 0 Å². The molecule has 0 unspecified atom stereocenters. The first kappa shape index (κ1) is 32.5. The van der Waals surface area contributed by atoms with Crippen LogP contribution in [0.3, 0.4) is 0 Å². The molecule has 0 aromatic heterocycles. The highest BCUT2D eigenvalue weighted by molar-refractivity contribution is 6.02. The molecule has 0 spiro atoms. The number of carbonyl (C=O) groups excluding carboxylic acids is 3. The summed E-state index contributed by atoms with van der Waals surface area (Å²) in [5.74, 6) is -0.0616. The van der Waals surface area contributed by atoms with Crippen LogP contribution in [0.4, 0.5) is 21.0 Å². The van der Waals surface area contributed by atoms with Gasteiger partial charge in [-0.1, -0.05) is 42.0 Å². The van der Waals surface area contributed by atoms with Gasteiger partial charge in [0.05, 0.1) is 13.1 Å². The molecular formula is C33H46N4O5. The number of hydrogen-bond acceptors (Lipinski definition) is 6. The van der Waals surface area contributed by atoms with Gasteiger partial charge in [-0.05, 0) is 78.6 Å². The predicted octanol–water partition coefficient (Wildman–Crippen LogP) is 6.59. The normalized spacial score (nSPS) is 14.9. The molecule has 1 N–H and O–H groups in total. The molecule has 0 bridgehead atoms. The zero-order valence-electron chi connectivity index (χ0n) is 26.3. The maximum absolute atomic E-state index is 12.5. The van der Waals surface area contributed by atoms with Gasteiger partial charge in [0.1, 0.15) is 11.2 Å². The Balaban J connectivity index is 0.000000240. The van der Waals surface area contributed by atoms with E-state index < -0.39 is 11.2 Å². The summed E-state index contributed by atoms with van der Waals surface area (Å²) in [4.78, 5) is 42.1. The molecule has 4 rings (SSSR count). The summed E-state index contributed by atoms with van der Waals surface area (Å²) >= 11 is 0. The highest BCUT2D eigenvalue weighted by Crippen LogP contribution is 2.26. The van der Waals surface area contributed by atoms with E-state index in [1.807, 2.05) is 104 Å². The number of carbonyl (C=O) groups is 3. The molecule has 0 saturated heterocycles. The molecular weight excluding hydrogens is 532 g/mol. The maximum Gasteiger partial charge on any atom is 0.410 e. The number of benzene rings is 2. The monoisotopic (exact) mass is 578 g/mol. The molecule has 0 aliphatic carbocycles. The topological polar surface area (TPSA) is 91.4 Å². The summed E-state index contributed by atoms with van der Waals surface area (Å²) in [6.07, 6.45) is 1.02. The Bertz CT molecular complexity index is 1290. The molecule has 2 heterocycles. The number of nitrogens with one attached hydrogen (secondary N) is 1. The largest absolute Gasteiger partial charge is 0.444 e. The minimum Gasteiger partial charge on any atom is -0.444 e. The van der Waals surface area contributed by atoms with E-state index >= 15 is 0 Å². The van der Waals surface area contributed by atoms with Gasteiger partial charge in [0.25, 0.3) is 5.91 Å². The molecule has 2 aromatic rings. The zero-order valence-corrected chi connectivity index (χ0v) is 26.3. The molecule has 3 amide bonds. The number of anilines is 2. The molecule has 9 heteroatoms. The number of hydrogen-bond donors (Lipinski definition) is 1. The van der Waals surface area contributed by atoms with Crippen LogP contribution in [0, 0.1) is 0 Å². The Morgan fingerprint density at radius 1 is 0.738 bits per heavy atom. The number of ether oxygens (including phenoxy) is 2. The van der Waals surface area contributed by atoms with Crippen molar-refractivity contribution >= 4 is 29.5 Å². The lowest BCUT2D eigenvalue weighted by Gasteiger charge is -2.26. The van der Waals surface area contributed by atoms with Crippen LogP contribution < -0.4 is 10.2 Å². The second-order valence-electron chi connectivity index (χ2n) is 12.7. The highest BCUT2D eigenvalue weighted by Gasteiger charge is 2.28. The van der Waals surface area contributed by atoms with E-state index in [-0.39, 0.29) is 18.1 Å². The van der Waals surface area contributed by atoms with Gasteiger partial charge in [0, 0.05) is 43.6 Å². The van der Waals surface area contributed by atoms with Crippen LogP contribution in [0.15, 0.2) is 60.2 Å². The zero-order chi connectivity index (χ0) is 31.1. The fraction of sp³-hybridized carbons (Fsp3) is 0.485. The van der Waals surface area contributed by atoms with E-state index in [1.165, 1.54) is 0 Å². The van der Waals surface area contributed by atoms with Crippen molar-refractivity contribution in [2.75, 3.05) is 36.4 Å². The Hall–Kier alpha value is -4.01. The van der Waals surface area contributed by atoms with Crippen molar-refractivity contribution in [3.8, 4) is 0 Å². The summed E-state index contributed by atoms with van der Waals surface area (Å²) in [6.45, 7) is 18.3. The van der Waals surface area contributed by atoms with Crippen molar-refractivity contribution < 1.29 is 23.9 Å². The highest BCUT2D eigenvalue weighted by atomic mass is 16.6. The first-order chi connectivity index (χ1) is 19.6. The molecule has 2 aromatic carbocycles. The van der Waals surface area contributed by atoms with Gasteiger partial charge < -0.3 is 29.5 Å². The van der Waals surface area contributed by atoms with E-state index in [0.717, 1.165) is 34.6 Å². The number of allylic oxidation sites excluding steroid dienone is 1. The molecule has 2 aliphatic rings. The third-order valence-corrected chi connectivity index (χ3v) is 6.29. The Kier molecular flexibility index (Phi) is 10.7. The van der Waals surface area contributed by atoms with Crippen LogP contribution >= 0.6 is 0 Å². The third-order valence-electron chi connectivity index (χ3n) is 6.29. The summed E-state index contributed by atoms with van der Waals surface area (Å²) in [6, 6.07) is 15.7. The van der Waals surface area contributed by atoms with Gasteiger partial charge in [0.2, 0.25) is 0 Å². The van der Waals surface area contributed by atoms with Crippen LogP contribution in [-0.2, 0) is 27.4 Å². The maximum atomic E-state index is 12.5. The molecule has 0 radical (unpaired) electrons. The van der Waals surface area contributed by atoms with E-state index in [9.17, 15) is 14.4 Å². The Labute approximate surface area is 250 Å². The lowest BCUT2D eigenvalue weighted by atomic mass is 10.1.